The first-order valence-corrected chi connectivity index (χ1v) is 4.87. The molecule has 3 rings (SSSR count). The fourth-order valence-electron chi connectivity index (χ4n) is 2.43. The molecule has 2 aliphatic rings. The Labute approximate surface area is 75.8 Å². The zero-order chi connectivity index (χ0) is 8.13. The summed E-state index contributed by atoms with van der Waals surface area (Å²) in [5, 5.41) is 6.74. The van der Waals surface area contributed by atoms with Crippen molar-refractivity contribution in [2.45, 2.75) is 25.3 Å². The largest absolute Gasteiger partial charge is 0.304 e. The van der Waals surface area contributed by atoms with E-state index in [1.54, 1.807) is 0 Å². The third-order valence-corrected chi connectivity index (χ3v) is 3.49. The predicted molar refractivity (Wildman–Crippen MR) is 47.3 cm³/mol. The van der Waals surface area contributed by atoms with E-state index in [1.807, 2.05) is 6.33 Å². The molecule has 0 aromatic carbocycles. The third-order valence-electron chi connectivity index (χ3n) is 3.19. The summed E-state index contributed by atoms with van der Waals surface area (Å²) in [5.74, 6) is 2.01. The van der Waals surface area contributed by atoms with Crippen LogP contribution in [0.4, 0.5) is 0 Å². The van der Waals surface area contributed by atoms with Gasteiger partial charge in [-0.3, -0.25) is 5.10 Å². The number of aromatic nitrogens is 3. The van der Waals surface area contributed by atoms with Gasteiger partial charge >= 0.3 is 0 Å². The van der Waals surface area contributed by atoms with Gasteiger partial charge in [0, 0.05) is 6.04 Å². The molecule has 1 N–H and O–H groups in total. The molecule has 2 fully saturated rings. The monoisotopic (exact) mass is 181 g/mol. The minimum absolute atomic E-state index is 0.639. The number of hydrogen-bond donors (Lipinski definition) is 1. The van der Waals surface area contributed by atoms with Crippen molar-refractivity contribution >= 4 is 12.2 Å². The zero-order valence-electron chi connectivity index (χ0n) is 6.73. The van der Waals surface area contributed by atoms with E-state index in [0.717, 1.165) is 16.6 Å². The number of hydrogen-bond acceptors (Lipinski definition) is 2. The third kappa shape index (κ3) is 0.874. The van der Waals surface area contributed by atoms with Gasteiger partial charge in [-0.05, 0) is 43.3 Å². The molecule has 4 heteroatoms. The lowest BCUT2D eigenvalue weighted by Crippen LogP contribution is -2.05. The molecule has 2 unspecified atom stereocenters. The Hall–Kier alpha value is -0.640. The van der Waals surface area contributed by atoms with E-state index >= 15 is 0 Å². The fourth-order valence-corrected chi connectivity index (χ4v) is 2.68. The number of rotatable bonds is 1. The molecule has 0 radical (unpaired) electrons. The lowest BCUT2D eigenvalue weighted by molar-refractivity contribution is 0.462. The summed E-state index contributed by atoms with van der Waals surface area (Å²) in [6, 6.07) is 0.639. The van der Waals surface area contributed by atoms with Gasteiger partial charge in [-0.1, -0.05) is 0 Å². The lowest BCUT2D eigenvalue weighted by atomic mass is 10.2. The van der Waals surface area contributed by atoms with Crippen molar-refractivity contribution < 1.29 is 0 Å². The summed E-state index contributed by atoms with van der Waals surface area (Å²) >= 11 is 5.12. The van der Waals surface area contributed by atoms with E-state index in [2.05, 4.69) is 14.8 Å². The Kier molecular flexibility index (Phi) is 1.25. The number of nitrogens with zero attached hydrogens (tertiary/aromatic N) is 2. The maximum atomic E-state index is 5.12. The van der Waals surface area contributed by atoms with Gasteiger partial charge < -0.3 is 4.57 Å². The van der Waals surface area contributed by atoms with E-state index in [-0.39, 0.29) is 0 Å². The molecule has 64 valence electrons. The maximum absolute atomic E-state index is 5.12. The molecule has 1 heterocycles. The van der Waals surface area contributed by atoms with Crippen LogP contribution in [0.3, 0.4) is 0 Å². The van der Waals surface area contributed by atoms with Crippen molar-refractivity contribution in [3.8, 4) is 0 Å². The van der Waals surface area contributed by atoms with Crippen LogP contribution in [-0.4, -0.2) is 14.8 Å². The highest BCUT2D eigenvalue weighted by atomic mass is 32.1. The van der Waals surface area contributed by atoms with E-state index in [9.17, 15) is 0 Å². The summed E-state index contributed by atoms with van der Waals surface area (Å²) in [5.41, 5.74) is 0. The molecule has 1 aromatic heterocycles. The van der Waals surface area contributed by atoms with E-state index in [4.69, 9.17) is 12.2 Å². The first-order chi connectivity index (χ1) is 5.84. The number of aromatic amines is 1. The Bertz CT molecular complexity index is 343. The first kappa shape index (κ1) is 6.83. The average molecular weight is 181 g/mol. The maximum Gasteiger partial charge on any atom is 0.195 e. The summed E-state index contributed by atoms with van der Waals surface area (Å²) in [4.78, 5) is 0. The highest BCUT2D eigenvalue weighted by Crippen LogP contribution is 2.55. The van der Waals surface area contributed by atoms with Crippen LogP contribution in [0.15, 0.2) is 6.33 Å². The molecule has 0 aliphatic heterocycles. The predicted octanol–water partition coefficient (Wildman–Crippen LogP) is 1.91. The van der Waals surface area contributed by atoms with Gasteiger partial charge in [0.1, 0.15) is 6.33 Å². The minimum Gasteiger partial charge on any atom is -0.304 e. The molecule has 2 aliphatic carbocycles. The molecule has 0 saturated heterocycles. The van der Waals surface area contributed by atoms with Gasteiger partial charge in [-0.25, -0.2) is 0 Å². The van der Waals surface area contributed by atoms with Crippen molar-refractivity contribution in [1.82, 2.24) is 14.8 Å². The number of fused-ring (bicyclic) bond motifs is 1. The van der Waals surface area contributed by atoms with Gasteiger partial charge in [0.05, 0.1) is 0 Å². The number of H-pyrrole nitrogens is 1. The molecular formula is C8H11N3S. The zero-order valence-corrected chi connectivity index (χ0v) is 7.55. The second kappa shape index (κ2) is 2.19. The SMILES string of the molecule is S=c1[nH]ncn1C1CC2CC2C1. The first-order valence-electron chi connectivity index (χ1n) is 4.46. The van der Waals surface area contributed by atoms with Crippen molar-refractivity contribution in [2.75, 3.05) is 0 Å². The Morgan fingerprint density at radius 3 is 2.75 bits per heavy atom. The van der Waals surface area contributed by atoms with Crippen LogP contribution < -0.4 is 0 Å². The van der Waals surface area contributed by atoms with E-state index in [0.29, 0.717) is 6.04 Å². The van der Waals surface area contributed by atoms with Gasteiger partial charge in [-0.15, -0.1) is 0 Å². The molecule has 0 spiro atoms. The van der Waals surface area contributed by atoms with Crippen molar-refractivity contribution in [3.05, 3.63) is 11.1 Å². The van der Waals surface area contributed by atoms with Gasteiger partial charge in [-0.2, -0.15) is 5.10 Å². The fraction of sp³-hybridized carbons (Fsp3) is 0.750. The van der Waals surface area contributed by atoms with Gasteiger partial charge in [0.2, 0.25) is 0 Å². The normalized spacial score (nSPS) is 38.2. The summed E-state index contributed by atoms with van der Waals surface area (Å²) in [6.07, 6.45) is 5.93. The molecule has 0 bridgehead atoms. The van der Waals surface area contributed by atoms with Crippen LogP contribution in [0.25, 0.3) is 0 Å². The number of nitrogens with one attached hydrogen (secondary N) is 1. The second-order valence-corrected chi connectivity index (χ2v) is 4.34. The Balaban J connectivity index is 1.90. The van der Waals surface area contributed by atoms with Crippen LogP contribution in [-0.2, 0) is 0 Å². The Morgan fingerprint density at radius 2 is 2.17 bits per heavy atom. The van der Waals surface area contributed by atoms with Crippen LogP contribution >= 0.6 is 12.2 Å². The topological polar surface area (TPSA) is 33.6 Å². The quantitative estimate of drug-likeness (QED) is 0.671. The average Bonchev–Trinajstić information content (AvgIpc) is 2.51. The van der Waals surface area contributed by atoms with Gasteiger partial charge in [0.25, 0.3) is 0 Å². The van der Waals surface area contributed by atoms with Crippen molar-refractivity contribution in [1.29, 1.82) is 0 Å². The van der Waals surface area contributed by atoms with Crippen molar-refractivity contribution in [2.24, 2.45) is 11.8 Å². The second-order valence-electron chi connectivity index (χ2n) is 3.95. The van der Waals surface area contributed by atoms with Gasteiger partial charge in [0.15, 0.2) is 4.77 Å². The Morgan fingerprint density at radius 1 is 1.42 bits per heavy atom. The highest BCUT2D eigenvalue weighted by molar-refractivity contribution is 7.71. The molecule has 12 heavy (non-hydrogen) atoms. The highest BCUT2D eigenvalue weighted by Gasteiger charge is 2.46. The standard InChI is InChI=1S/C8H11N3S/c12-8-10-9-4-11(8)7-2-5-1-6(5)3-7/h4-7H,1-3H2,(H,10,12). The summed E-state index contributed by atoms with van der Waals surface area (Å²) < 4.78 is 2.89. The minimum atomic E-state index is 0.639. The van der Waals surface area contributed by atoms with Crippen LogP contribution in [0, 0.1) is 16.6 Å². The van der Waals surface area contributed by atoms with Crippen molar-refractivity contribution in [3.63, 3.8) is 0 Å². The molecule has 3 nitrogen and oxygen atoms in total. The van der Waals surface area contributed by atoms with Crippen LogP contribution in [0.1, 0.15) is 25.3 Å². The summed E-state index contributed by atoms with van der Waals surface area (Å²) in [7, 11) is 0. The molecule has 2 atom stereocenters. The smallest absolute Gasteiger partial charge is 0.195 e. The molecule has 0 amide bonds. The summed E-state index contributed by atoms with van der Waals surface area (Å²) in [6.45, 7) is 0. The van der Waals surface area contributed by atoms with E-state index < -0.39 is 0 Å². The molecule has 1 aromatic rings. The molecule has 2 saturated carbocycles. The lowest BCUT2D eigenvalue weighted by Gasteiger charge is -2.11. The van der Waals surface area contributed by atoms with Crippen LogP contribution in [0.5, 0.6) is 0 Å². The van der Waals surface area contributed by atoms with Crippen LogP contribution in [0.2, 0.25) is 0 Å². The van der Waals surface area contributed by atoms with E-state index in [1.165, 1.54) is 19.3 Å². The molecular weight excluding hydrogens is 170 g/mol.